The highest BCUT2D eigenvalue weighted by Gasteiger charge is 2.12. The minimum Gasteiger partial charge on any atom is -0.454 e. The highest BCUT2D eigenvalue weighted by molar-refractivity contribution is 7.16. The topological polar surface area (TPSA) is 64.9 Å². The summed E-state index contributed by atoms with van der Waals surface area (Å²) in [5.74, 6) is 1.11. The van der Waals surface area contributed by atoms with Gasteiger partial charge in [-0.25, -0.2) is 5.43 Å². The molecule has 2 aromatic carbocycles. The van der Waals surface area contributed by atoms with Crippen LogP contribution >= 0.6 is 11.3 Å². The number of para-hydroxylation sites is 1. The maximum absolute atomic E-state index is 12.0. The van der Waals surface area contributed by atoms with Crippen LogP contribution in [0, 0.1) is 0 Å². The third kappa shape index (κ3) is 3.14. The lowest BCUT2D eigenvalue weighted by Crippen LogP contribution is -2.21. The van der Waals surface area contributed by atoms with Gasteiger partial charge in [-0.1, -0.05) is 29.5 Å². The number of nitrogens with zero attached hydrogens (tertiary/aromatic N) is 2. The van der Waals surface area contributed by atoms with Gasteiger partial charge in [0, 0.05) is 13.1 Å². The molecule has 6 nitrogen and oxygen atoms in total. The average Bonchev–Trinajstić information content (AvgIpc) is 3.22. The molecule has 25 heavy (non-hydrogen) atoms. The van der Waals surface area contributed by atoms with Crippen LogP contribution in [0.4, 0.5) is 0 Å². The number of hydrogen-bond donors (Lipinski definition) is 1. The molecule has 2 heterocycles. The number of aryl methyl sites for hydroxylation is 1. The maximum Gasteiger partial charge on any atom is 0.264 e. The Kier molecular flexibility index (Phi) is 3.99. The average molecular weight is 353 g/mol. The van der Waals surface area contributed by atoms with Gasteiger partial charge in [-0.05, 0) is 35.9 Å². The smallest absolute Gasteiger partial charge is 0.264 e. The Morgan fingerprint density at radius 3 is 2.96 bits per heavy atom. The first-order valence-corrected chi connectivity index (χ1v) is 8.48. The number of hydrogen-bond acceptors (Lipinski definition) is 5. The molecule has 0 spiro atoms. The zero-order chi connectivity index (χ0) is 17.2. The number of benzene rings is 2. The summed E-state index contributed by atoms with van der Waals surface area (Å²) in [7, 11) is 1.92. The summed E-state index contributed by atoms with van der Waals surface area (Å²) >= 11 is 1.52. The number of carbonyl (C=O) groups is 1. The molecule has 126 valence electrons. The van der Waals surface area contributed by atoms with E-state index in [4.69, 9.17) is 9.47 Å². The van der Waals surface area contributed by atoms with Gasteiger partial charge in [0.2, 0.25) is 11.6 Å². The molecule has 0 bridgehead atoms. The van der Waals surface area contributed by atoms with Crippen LogP contribution in [0.1, 0.15) is 5.56 Å². The molecule has 4 rings (SSSR count). The minimum atomic E-state index is -0.296. The molecule has 1 aliphatic heterocycles. The molecule has 0 aliphatic carbocycles. The van der Waals surface area contributed by atoms with Crippen LogP contribution in [0.2, 0.25) is 0 Å². The molecule has 7 heteroatoms. The number of fused-ring (bicyclic) bond motifs is 2. The largest absolute Gasteiger partial charge is 0.454 e. The second-order valence-corrected chi connectivity index (χ2v) is 6.45. The fraction of sp³-hybridized carbons (Fsp3) is 0.111. The van der Waals surface area contributed by atoms with Gasteiger partial charge < -0.3 is 14.0 Å². The first-order valence-electron chi connectivity index (χ1n) is 7.67. The van der Waals surface area contributed by atoms with Crippen molar-refractivity contribution >= 4 is 33.5 Å². The number of carbonyl (C=O) groups excluding carboxylic acids is 1. The molecular weight excluding hydrogens is 338 g/mol. The molecule has 1 N–H and O–H groups in total. The zero-order valence-corrected chi connectivity index (χ0v) is 14.2. The first-order chi connectivity index (χ1) is 12.2. The van der Waals surface area contributed by atoms with Crippen molar-refractivity contribution in [1.82, 2.24) is 9.99 Å². The van der Waals surface area contributed by atoms with E-state index in [2.05, 4.69) is 10.5 Å². The molecule has 0 fully saturated rings. The molecule has 1 amide bonds. The van der Waals surface area contributed by atoms with Crippen molar-refractivity contribution in [2.45, 2.75) is 0 Å². The van der Waals surface area contributed by atoms with Gasteiger partial charge in [0.25, 0.3) is 5.91 Å². The number of rotatable bonds is 3. The lowest BCUT2D eigenvalue weighted by molar-refractivity contribution is -0.116. The fourth-order valence-electron chi connectivity index (χ4n) is 2.52. The molecule has 0 unspecified atom stereocenters. The van der Waals surface area contributed by atoms with Crippen molar-refractivity contribution in [1.29, 1.82) is 0 Å². The van der Waals surface area contributed by atoms with Crippen LogP contribution in [0.5, 0.6) is 11.5 Å². The van der Waals surface area contributed by atoms with Crippen molar-refractivity contribution in [2.24, 2.45) is 12.1 Å². The molecule has 0 saturated heterocycles. The number of nitrogens with one attached hydrogen (secondary N) is 1. The van der Waals surface area contributed by atoms with Gasteiger partial charge >= 0.3 is 0 Å². The predicted octanol–water partition coefficient (Wildman–Crippen LogP) is 2.61. The minimum absolute atomic E-state index is 0.230. The SMILES string of the molecule is Cn1/c(=N\NC(=O)/C=C/c2ccc3c(c2)OCO3)sc2ccccc21. The van der Waals surface area contributed by atoms with Crippen molar-refractivity contribution in [3.05, 3.63) is 58.9 Å². The van der Waals surface area contributed by atoms with Crippen LogP contribution in [-0.4, -0.2) is 17.3 Å². The molecular formula is C18H15N3O3S. The van der Waals surface area contributed by atoms with Crippen LogP contribution in [0.3, 0.4) is 0 Å². The van der Waals surface area contributed by atoms with Crippen LogP contribution in [0.15, 0.2) is 53.6 Å². The third-order valence-corrected chi connectivity index (χ3v) is 4.91. The van der Waals surface area contributed by atoms with Crippen LogP contribution < -0.4 is 19.7 Å². The van der Waals surface area contributed by atoms with Crippen LogP contribution in [0.25, 0.3) is 16.3 Å². The number of thiazole rings is 1. The molecule has 0 saturated carbocycles. The van der Waals surface area contributed by atoms with Gasteiger partial charge in [0.15, 0.2) is 11.5 Å². The Morgan fingerprint density at radius 1 is 1.24 bits per heavy atom. The lowest BCUT2D eigenvalue weighted by atomic mass is 10.2. The van der Waals surface area contributed by atoms with Gasteiger partial charge in [-0.15, -0.1) is 5.10 Å². The van der Waals surface area contributed by atoms with Crippen LogP contribution in [-0.2, 0) is 11.8 Å². The van der Waals surface area contributed by atoms with E-state index in [0.29, 0.717) is 11.5 Å². The van der Waals surface area contributed by atoms with E-state index in [9.17, 15) is 4.79 Å². The van der Waals surface area contributed by atoms with Crippen molar-refractivity contribution in [3.63, 3.8) is 0 Å². The normalized spacial score (nSPS) is 13.7. The Balaban J connectivity index is 1.49. The van der Waals surface area contributed by atoms with Gasteiger partial charge in [-0.2, -0.15) is 0 Å². The first kappa shape index (κ1) is 15.5. The Labute approximate surface area is 147 Å². The van der Waals surface area contributed by atoms with E-state index in [0.717, 1.165) is 20.6 Å². The van der Waals surface area contributed by atoms with Gasteiger partial charge in [0.05, 0.1) is 10.2 Å². The summed E-state index contributed by atoms with van der Waals surface area (Å²) in [5.41, 5.74) is 4.49. The van der Waals surface area contributed by atoms with Gasteiger partial charge in [0.1, 0.15) is 0 Å². The Hall–Kier alpha value is -3.06. The zero-order valence-electron chi connectivity index (χ0n) is 13.4. The quantitative estimate of drug-likeness (QED) is 0.581. The third-order valence-electron chi connectivity index (χ3n) is 3.80. The number of amides is 1. The van der Waals surface area contributed by atoms with E-state index in [-0.39, 0.29) is 12.7 Å². The highest BCUT2D eigenvalue weighted by Crippen LogP contribution is 2.32. The molecule has 1 aromatic heterocycles. The predicted molar refractivity (Wildman–Crippen MR) is 96.1 cm³/mol. The number of ether oxygens (including phenoxy) is 2. The highest BCUT2D eigenvalue weighted by atomic mass is 32.1. The van der Waals surface area contributed by atoms with E-state index >= 15 is 0 Å². The standard InChI is InChI=1S/C18H15N3O3S/c1-21-13-4-2-3-5-16(13)25-18(21)20-19-17(22)9-7-12-6-8-14-15(10-12)24-11-23-14/h2-10H,11H2,1H3,(H,19,22)/b9-7+,20-18+. The summed E-state index contributed by atoms with van der Waals surface area (Å²) in [4.78, 5) is 12.7. The Bertz CT molecular complexity index is 1050. The fourth-order valence-corrected chi connectivity index (χ4v) is 3.50. The van der Waals surface area contributed by atoms with Crippen molar-refractivity contribution in [2.75, 3.05) is 6.79 Å². The Morgan fingerprint density at radius 2 is 2.08 bits per heavy atom. The lowest BCUT2D eigenvalue weighted by Gasteiger charge is -1.98. The van der Waals surface area contributed by atoms with Crippen molar-refractivity contribution in [3.8, 4) is 11.5 Å². The van der Waals surface area contributed by atoms with E-state index in [1.54, 1.807) is 6.08 Å². The molecule has 0 atom stereocenters. The van der Waals surface area contributed by atoms with E-state index in [1.165, 1.54) is 17.4 Å². The summed E-state index contributed by atoms with van der Waals surface area (Å²) in [6.07, 6.45) is 3.14. The number of aromatic nitrogens is 1. The van der Waals surface area contributed by atoms with Gasteiger partial charge in [-0.3, -0.25) is 4.79 Å². The summed E-state index contributed by atoms with van der Waals surface area (Å²) in [6, 6.07) is 13.5. The summed E-state index contributed by atoms with van der Waals surface area (Å²) < 4.78 is 13.6. The summed E-state index contributed by atoms with van der Waals surface area (Å²) in [5, 5.41) is 4.20. The maximum atomic E-state index is 12.0. The van der Waals surface area contributed by atoms with E-state index in [1.807, 2.05) is 54.1 Å². The molecule has 0 radical (unpaired) electrons. The molecule has 3 aromatic rings. The second-order valence-electron chi connectivity index (χ2n) is 5.45. The van der Waals surface area contributed by atoms with Crippen molar-refractivity contribution < 1.29 is 14.3 Å². The summed E-state index contributed by atoms with van der Waals surface area (Å²) in [6.45, 7) is 0.230. The molecule has 1 aliphatic rings. The monoisotopic (exact) mass is 353 g/mol. The van der Waals surface area contributed by atoms with E-state index < -0.39 is 0 Å². The second kappa shape index (κ2) is 6.45.